The molecule has 1 atom stereocenters. The van der Waals surface area contributed by atoms with Crippen LogP contribution in [0.4, 0.5) is 0 Å². The Hall–Kier alpha value is -2.21. The van der Waals surface area contributed by atoms with Gasteiger partial charge in [-0.3, -0.25) is 9.69 Å². The van der Waals surface area contributed by atoms with Gasteiger partial charge in [0.15, 0.2) is 0 Å². The number of carbonyl (C=O) groups is 1. The minimum absolute atomic E-state index is 0.0378. The fourth-order valence-electron chi connectivity index (χ4n) is 2.94. The second-order valence-corrected chi connectivity index (χ2v) is 6.04. The standard InChI is InChI=1S/C17H23N5O/c1-13(15-6-4-3-5-7-15)18-17(23)8-9-21-10-11-22-14(2)19-20-16(22)12-21/h3-7,13H,8-12H2,1-2H3,(H,18,23)/t13-/m1/s1. The molecule has 1 aromatic carbocycles. The first kappa shape index (κ1) is 15.7. The van der Waals surface area contributed by atoms with Crippen LogP contribution < -0.4 is 5.32 Å². The van der Waals surface area contributed by atoms with Gasteiger partial charge >= 0.3 is 0 Å². The minimum Gasteiger partial charge on any atom is -0.350 e. The van der Waals surface area contributed by atoms with Crippen LogP contribution in [0, 0.1) is 6.92 Å². The number of amides is 1. The van der Waals surface area contributed by atoms with Crippen LogP contribution in [0.2, 0.25) is 0 Å². The average molecular weight is 313 g/mol. The van der Waals surface area contributed by atoms with Crippen LogP contribution in [0.15, 0.2) is 30.3 Å². The second kappa shape index (κ2) is 6.91. The van der Waals surface area contributed by atoms with Crippen molar-refractivity contribution in [2.45, 2.75) is 39.4 Å². The van der Waals surface area contributed by atoms with E-state index < -0.39 is 0 Å². The summed E-state index contributed by atoms with van der Waals surface area (Å²) < 4.78 is 2.15. The summed E-state index contributed by atoms with van der Waals surface area (Å²) in [4.78, 5) is 14.4. The van der Waals surface area contributed by atoms with Gasteiger partial charge in [-0.25, -0.2) is 0 Å². The van der Waals surface area contributed by atoms with Crippen molar-refractivity contribution >= 4 is 5.91 Å². The zero-order valence-electron chi connectivity index (χ0n) is 13.7. The average Bonchev–Trinajstić information content (AvgIpc) is 2.94. The van der Waals surface area contributed by atoms with E-state index in [4.69, 9.17) is 0 Å². The predicted octanol–water partition coefficient (Wildman–Crippen LogP) is 1.67. The van der Waals surface area contributed by atoms with Gasteiger partial charge in [0.2, 0.25) is 5.91 Å². The van der Waals surface area contributed by atoms with E-state index in [1.807, 2.05) is 44.2 Å². The largest absolute Gasteiger partial charge is 0.350 e. The third kappa shape index (κ3) is 3.76. The first-order valence-electron chi connectivity index (χ1n) is 8.09. The first-order valence-corrected chi connectivity index (χ1v) is 8.09. The molecule has 0 spiro atoms. The smallest absolute Gasteiger partial charge is 0.221 e. The minimum atomic E-state index is 0.0378. The molecule has 2 heterocycles. The van der Waals surface area contributed by atoms with E-state index >= 15 is 0 Å². The van der Waals surface area contributed by atoms with Crippen LogP contribution in [0.1, 0.15) is 36.6 Å². The lowest BCUT2D eigenvalue weighted by atomic mass is 10.1. The molecule has 3 rings (SSSR count). The van der Waals surface area contributed by atoms with Crippen LogP contribution in [0.3, 0.4) is 0 Å². The van der Waals surface area contributed by atoms with Crippen molar-refractivity contribution in [2.75, 3.05) is 13.1 Å². The molecule has 6 heteroatoms. The maximum Gasteiger partial charge on any atom is 0.221 e. The van der Waals surface area contributed by atoms with Crippen molar-refractivity contribution in [3.8, 4) is 0 Å². The van der Waals surface area contributed by atoms with Crippen molar-refractivity contribution in [3.05, 3.63) is 47.5 Å². The van der Waals surface area contributed by atoms with Crippen molar-refractivity contribution in [1.29, 1.82) is 0 Å². The summed E-state index contributed by atoms with van der Waals surface area (Å²) in [7, 11) is 0. The SMILES string of the molecule is Cc1nnc2n1CCN(CCC(=O)N[C@H](C)c1ccccc1)C2. The van der Waals surface area contributed by atoms with Gasteiger partial charge < -0.3 is 9.88 Å². The molecule has 2 aromatic rings. The Morgan fingerprint density at radius 2 is 2.04 bits per heavy atom. The highest BCUT2D eigenvalue weighted by Crippen LogP contribution is 2.13. The lowest BCUT2D eigenvalue weighted by Crippen LogP contribution is -2.37. The number of fused-ring (bicyclic) bond motifs is 1. The molecule has 0 unspecified atom stereocenters. The number of nitrogens with zero attached hydrogens (tertiary/aromatic N) is 4. The Morgan fingerprint density at radius 3 is 2.83 bits per heavy atom. The van der Waals surface area contributed by atoms with Gasteiger partial charge in [0, 0.05) is 26.1 Å². The molecule has 0 saturated heterocycles. The van der Waals surface area contributed by atoms with Gasteiger partial charge in [-0.05, 0) is 19.4 Å². The summed E-state index contributed by atoms with van der Waals surface area (Å²) in [6.45, 7) is 7.34. The third-order valence-corrected chi connectivity index (χ3v) is 4.35. The number of rotatable bonds is 5. The number of nitrogens with one attached hydrogen (secondary N) is 1. The Labute approximate surface area is 136 Å². The van der Waals surface area contributed by atoms with E-state index in [9.17, 15) is 4.79 Å². The molecule has 0 radical (unpaired) electrons. The summed E-state index contributed by atoms with van der Waals surface area (Å²) >= 11 is 0. The molecule has 1 aromatic heterocycles. The Kier molecular flexibility index (Phi) is 4.71. The maximum absolute atomic E-state index is 12.1. The Morgan fingerprint density at radius 1 is 1.26 bits per heavy atom. The molecule has 0 bridgehead atoms. The molecule has 1 aliphatic heterocycles. The van der Waals surface area contributed by atoms with Crippen molar-refractivity contribution in [1.82, 2.24) is 25.0 Å². The molecule has 23 heavy (non-hydrogen) atoms. The normalized spacial score (nSPS) is 15.9. The Bertz CT molecular complexity index is 667. The third-order valence-electron chi connectivity index (χ3n) is 4.35. The quantitative estimate of drug-likeness (QED) is 0.912. The molecule has 6 nitrogen and oxygen atoms in total. The summed E-state index contributed by atoms with van der Waals surface area (Å²) in [5.41, 5.74) is 1.13. The number of hydrogen-bond donors (Lipinski definition) is 1. The van der Waals surface area contributed by atoms with Gasteiger partial charge in [0.1, 0.15) is 11.6 Å². The van der Waals surface area contributed by atoms with Crippen LogP contribution >= 0.6 is 0 Å². The van der Waals surface area contributed by atoms with E-state index in [2.05, 4.69) is 25.0 Å². The molecule has 0 saturated carbocycles. The number of benzene rings is 1. The summed E-state index contributed by atoms with van der Waals surface area (Å²) in [6.07, 6.45) is 0.504. The second-order valence-electron chi connectivity index (χ2n) is 6.04. The highest BCUT2D eigenvalue weighted by atomic mass is 16.1. The van der Waals surface area contributed by atoms with Crippen LogP contribution in [0.5, 0.6) is 0 Å². The van der Waals surface area contributed by atoms with Crippen LogP contribution in [0.25, 0.3) is 0 Å². The number of aromatic nitrogens is 3. The molecule has 1 N–H and O–H groups in total. The molecule has 0 aliphatic carbocycles. The monoisotopic (exact) mass is 313 g/mol. The number of hydrogen-bond acceptors (Lipinski definition) is 4. The van der Waals surface area contributed by atoms with Crippen molar-refractivity contribution < 1.29 is 4.79 Å². The predicted molar refractivity (Wildman–Crippen MR) is 87.7 cm³/mol. The zero-order chi connectivity index (χ0) is 16.2. The van der Waals surface area contributed by atoms with Gasteiger partial charge in [0.25, 0.3) is 0 Å². The van der Waals surface area contributed by atoms with Crippen LogP contribution in [-0.2, 0) is 17.9 Å². The van der Waals surface area contributed by atoms with Gasteiger partial charge in [0.05, 0.1) is 12.6 Å². The molecular formula is C17H23N5O. The molecule has 0 fully saturated rings. The lowest BCUT2D eigenvalue weighted by Gasteiger charge is -2.27. The molecule has 1 aliphatic rings. The van der Waals surface area contributed by atoms with E-state index in [-0.39, 0.29) is 11.9 Å². The van der Waals surface area contributed by atoms with Gasteiger partial charge in [-0.15, -0.1) is 10.2 Å². The number of aryl methyl sites for hydroxylation is 1. The molecule has 1 amide bonds. The fourth-order valence-corrected chi connectivity index (χ4v) is 2.94. The van der Waals surface area contributed by atoms with Crippen molar-refractivity contribution in [3.63, 3.8) is 0 Å². The van der Waals surface area contributed by atoms with Crippen molar-refractivity contribution in [2.24, 2.45) is 0 Å². The lowest BCUT2D eigenvalue weighted by molar-refractivity contribution is -0.122. The van der Waals surface area contributed by atoms with Gasteiger partial charge in [-0.1, -0.05) is 30.3 Å². The highest BCUT2D eigenvalue weighted by molar-refractivity contribution is 5.76. The topological polar surface area (TPSA) is 63.1 Å². The summed E-state index contributed by atoms with van der Waals surface area (Å²) in [5.74, 6) is 2.05. The van der Waals surface area contributed by atoms with Crippen LogP contribution in [-0.4, -0.2) is 38.7 Å². The van der Waals surface area contributed by atoms with E-state index in [0.29, 0.717) is 6.42 Å². The zero-order valence-corrected chi connectivity index (χ0v) is 13.7. The summed E-state index contributed by atoms with van der Waals surface area (Å²) in [5, 5.41) is 11.4. The molecule has 122 valence electrons. The molecular weight excluding hydrogens is 290 g/mol. The Balaban J connectivity index is 1.46. The highest BCUT2D eigenvalue weighted by Gasteiger charge is 2.20. The number of carbonyl (C=O) groups excluding carboxylic acids is 1. The van der Waals surface area contributed by atoms with Gasteiger partial charge in [-0.2, -0.15) is 0 Å². The van der Waals surface area contributed by atoms with E-state index in [1.54, 1.807) is 0 Å². The fraction of sp³-hybridized carbons (Fsp3) is 0.471. The van der Waals surface area contributed by atoms with E-state index in [0.717, 1.165) is 43.4 Å². The van der Waals surface area contributed by atoms with E-state index in [1.165, 1.54) is 0 Å². The summed E-state index contributed by atoms with van der Waals surface area (Å²) in [6, 6.07) is 10.1. The maximum atomic E-state index is 12.1. The first-order chi connectivity index (χ1) is 11.1.